The smallest absolute Gasteiger partial charge is 0.258 e. The van der Waals surface area contributed by atoms with E-state index in [0.29, 0.717) is 18.6 Å². The molecule has 0 atom stereocenters. The fourth-order valence-corrected chi connectivity index (χ4v) is 3.77. The number of hydrogen-bond donors (Lipinski definition) is 1. The van der Waals surface area contributed by atoms with E-state index in [0.717, 1.165) is 42.5 Å². The van der Waals surface area contributed by atoms with Crippen molar-refractivity contribution in [3.63, 3.8) is 0 Å². The molecule has 6 heteroatoms. The molecule has 140 valence electrons. The van der Waals surface area contributed by atoms with Gasteiger partial charge in [-0.15, -0.1) is 0 Å². The summed E-state index contributed by atoms with van der Waals surface area (Å²) in [5, 5.41) is 12.7. The fourth-order valence-electron chi connectivity index (χ4n) is 3.77. The Labute approximate surface area is 154 Å². The highest BCUT2D eigenvalue weighted by molar-refractivity contribution is 5.77. The molecule has 2 heterocycles. The number of nitrogens with one attached hydrogen (secondary N) is 1. The van der Waals surface area contributed by atoms with Crippen LogP contribution in [0, 0.1) is 18.3 Å². The molecular formula is C20H27N3O3. The minimum Gasteiger partial charge on any atom is -0.467 e. The molecule has 0 unspecified atom stereocenters. The van der Waals surface area contributed by atoms with E-state index in [4.69, 9.17) is 9.47 Å². The summed E-state index contributed by atoms with van der Waals surface area (Å²) in [5.74, 6) is 0.0990. The summed E-state index contributed by atoms with van der Waals surface area (Å²) in [5.41, 5.74) is 2.77. The lowest BCUT2D eigenvalue weighted by atomic mass is 9.88. The van der Waals surface area contributed by atoms with Gasteiger partial charge in [-0.05, 0) is 39.2 Å². The molecule has 0 radical (unpaired) electrons. The van der Waals surface area contributed by atoms with Gasteiger partial charge >= 0.3 is 0 Å². The topological polar surface area (TPSA) is 84.2 Å². The average molecular weight is 357 g/mol. The Morgan fingerprint density at radius 1 is 1.35 bits per heavy atom. The maximum atomic E-state index is 12.2. The first kappa shape index (κ1) is 18.7. The van der Waals surface area contributed by atoms with Crippen molar-refractivity contribution in [3.05, 3.63) is 22.4 Å². The van der Waals surface area contributed by atoms with Gasteiger partial charge in [0.15, 0.2) is 6.61 Å². The lowest BCUT2D eigenvalue weighted by Crippen LogP contribution is -2.39. The van der Waals surface area contributed by atoms with Crippen molar-refractivity contribution >= 4 is 5.91 Å². The molecule has 1 aromatic rings. The molecule has 6 nitrogen and oxygen atoms in total. The number of hydrogen-bond acceptors (Lipinski definition) is 5. The Morgan fingerprint density at radius 3 is 2.77 bits per heavy atom. The van der Waals surface area contributed by atoms with Crippen molar-refractivity contribution in [1.82, 2.24) is 10.3 Å². The second-order valence-electron chi connectivity index (χ2n) is 7.86. The fraction of sp³-hybridized carbons (Fsp3) is 0.650. The number of nitriles is 1. The SMILES string of the molecule is Cc1nc(OCC(=O)NC2CCCCC2)c(C#N)c2c1COC(C)(C)C2. The van der Waals surface area contributed by atoms with Gasteiger partial charge in [-0.2, -0.15) is 5.26 Å². The monoisotopic (exact) mass is 357 g/mol. The van der Waals surface area contributed by atoms with E-state index >= 15 is 0 Å². The maximum absolute atomic E-state index is 12.2. The Hall–Kier alpha value is -2.13. The maximum Gasteiger partial charge on any atom is 0.258 e. The molecule has 0 aromatic carbocycles. The van der Waals surface area contributed by atoms with E-state index in [1.807, 2.05) is 20.8 Å². The third kappa shape index (κ3) is 4.16. The Balaban J connectivity index is 1.73. The zero-order valence-electron chi connectivity index (χ0n) is 15.9. The number of nitrogens with zero attached hydrogens (tertiary/aromatic N) is 2. The zero-order valence-corrected chi connectivity index (χ0v) is 15.9. The first-order chi connectivity index (χ1) is 12.4. The van der Waals surface area contributed by atoms with E-state index in [1.165, 1.54) is 6.42 Å². The summed E-state index contributed by atoms with van der Waals surface area (Å²) >= 11 is 0. The van der Waals surface area contributed by atoms with Gasteiger partial charge in [0.25, 0.3) is 5.91 Å². The molecule has 1 aromatic heterocycles. The van der Waals surface area contributed by atoms with E-state index in [-0.39, 0.29) is 30.0 Å². The second-order valence-corrected chi connectivity index (χ2v) is 7.86. The predicted octanol–water partition coefficient (Wildman–Crippen LogP) is 2.94. The number of amides is 1. The number of carbonyl (C=O) groups excluding carboxylic acids is 1. The summed E-state index contributed by atoms with van der Waals surface area (Å²) in [6.45, 7) is 6.22. The predicted molar refractivity (Wildman–Crippen MR) is 96.8 cm³/mol. The molecular weight excluding hydrogens is 330 g/mol. The molecule has 1 aliphatic carbocycles. The minimum absolute atomic E-state index is 0.115. The van der Waals surface area contributed by atoms with E-state index in [9.17, 15) is 10.1 Å². The molecule has 0 bridgehead atoms. The van der Waals surface area contributed by atoms with Crippen LogP contribution in [0.4, 0.5) is 0 Å². The number of carbonyl (C=O) groups is 1. The number of aromatic nitrogens is 1. The van der Waals surface area contributed by atoms with Gasteiger partial charge in [-0.1, -0.05) is 19.3 Å². The van der Waals surface area contributed by atoms with Crippen molar-refractivity contribution < 1.29 is 14.3 Å². The quantitative estimate of drug-likeness (QED) is 0.895. The van der Waals surface area contributed by atoms with Crippen molar-refractivity contribution in [1.29, 1.82) is 5.26 Å². The first-order valence-electron chi connectivity index (χ1n) is 9.38. The summed E-state index contributed by atoms with van der Waals surface area (Å²) < 4.78 is 11.5. The molecule has 1 fully saturated rings. The number of pyridine rings is 1. The van der Waals surface area contributed by atoms with Gasteiger partial charge < -0.3 is 14.8 Å². The highest BCUT2D eigenvalue weighted by Gasteiger charge is 2.31. The van der Waals surface area contributed by atoms with Crippen LogP contribution < -0.4 is 10.1 Å². The van der Waals surface area contributed by atoms with Gasteiger partial charge in [-0.3, -0.25) is 4.79 Å². The van der Waals surface area contributed by atoms with Gasteiger partial charge in [0.05, 0.1) is 12.2 Å². The van der Waals surface area contributed by atoms with Crippen LogP contribution in [-0.4, -0.2) is 29.1 Å². The van der Waals surface area contributed by atoms with E-state index in [1.54, 1.807) is 0 Å². The lowest BCUT2D eigenvalue weighted by molar-refractivity contribution is -0.124. The molecule has 0 spiro atoms. The zero-order chi connectivity index (χ0) is 18.7. The summed E-state index contributed by atoms with van der Waals surface area (Å²) in [4.78, 5) is 16.6. The average Bonchev–Trinajstić information content (AvgIpc) is 2.60. The van der Waals surface area contributed by atoms with Crippen LogP contribution in [0.3, 0.4) is 0 Å². The van der Waals surface area contributed by atoms with Crippen LogP contribution in [0.2, 0.25) is 0 Å². The first-order valence-corrected chi connectivity index (χ1v) is 9.38. The van der Waals surface area contributed by atoms with Crippen LogP contribution in [0.15, 0.2) is 0 Å². The highest BCUT2D eigenvalue weighted by Crippen LogP contribution is 2.34. The largest absolute Gasteiger partial charge is 0.467 e. The van der Waals surface area contributed by atoms with Crippen LogP contribution in [0.5, 0.6) is 5.88 Å². The molecule has 2 aliphatic rings. The Morgan fingerprint density at radius 2 is 2.08 bits per heavy atom. The molecule has 1 amide bonds. The standard InChI is InChI=1S/C20H27N3O3/c1-13-17-11-26-20(2,3)9-15(17)16(10-21)19(22-13)25-12-18(24)23-14-7-5-4-6-8-14/h14H,4-9,11-12H2,1-3H3,(H,23,24). The van der Waals surface area contributed by atoms with E-state index in [2.05, 4.69) is 16.4 Å². The van der Waals surface area contributed by atoms with Gasteiger partial charge in [0.2, 0.25) is 5.88 Å². The Kier molecular flexibility index (Phi) is 5.47. The minimum atomic E-state index is -0.331. The number of aryl methyl sites for hydroxylation is 1. The summed E-state index contributed by atoms with van der Waals surface area (Å²) in [7, 11) is 0. The van der Waals surface area contributed by atoms with Crippen molar-refractivity contribution in [2.24, 2.45) is 0 Å². The lowest BCUT2D eigenvalue weighted by Gasteiger charge is -2.33. The number of ether oxygens (including phenoxy) is 2. The van der Waals surface area contributed by atoms with Crippen molar-refractivity contribution in [2.45, 2.75) is 77.5 Å². The highest BCUT2D eigenvalue weighted by atomic mass is 16.5. The van der Waals surface area contributed by atoms with Crippen molar-refractivity contribution in [3.8, 4) is 11.9 Å². The summed E-state index contributed by atoms with van der Waals surface area (Å²) in [6.07, 6.45) is 6.24. The second kappa shape index (κ2) is 7.63. The third-order valence-corrected chi connectivity index (χ3v) is 5.22. The van der Waals surface area contributed by atoms with Gasteiger partial charge in [-0.25, -0.2) is 4.98 Å². The molecule has 0 saturated heterocycles. The van der Waals surface area contributed by atoms with Crippen LogP contribution >= 0.6 is 0 Å². The Bertz CT molecular complexity index is 731. The molecule has 1 aliphatic heterocycles. The molecule has 1 saturated carbocycles. The van der Waals surface area contributed by atoms with Crippen LogP contribution in [0.25, 0.3) is 0 Å². The number of rotatable bonds is 4. The van der Waals surface area contributed by atoms with Crippen molar-refractivity contribution in [2.75, 3.05) is 6.61 Å². The molecule has 26 heavy (non-hydrogen) atoms. The normalized spacial score (nSPS) is 19.3. The molecule has 1 N–H and O–H groups in total. The summed E-state index contributed by atoms with van der Waals surface area (Å²) in [6, 6.07) is 2.46. The number of fused-ring (bicyclic) bond motifs is 1. The molecule has 3 rings (SSSR count). The van der Waals surface area contributed by atoms with E-state index < -0.39 is 0 Å². The van der Waals surface area contributed by atoms with Crippen LogP contribution in [0.1, 0.15) is 68.3 Å². The van der Waals surface area contributed by atoms with Crippen LogP contribution in [-0.2, 0) is 22.6 Å². The third-order valence-electron chi connectivity index (χ3n) is 5.22. The van der Waals surface area contributed by atoms with Gasteiger partial charge in [0, 0.05) is 23.7 Å². The van der Waals surface area contributed by atoms with Gasteiger partial charge in [0.1, 0.15) is 11.6 Å².